The van der Waals surface area contributed by atoms with E-state index in [-0.39, 0.29) is 44.5 Å². The minimum absolute atomic E-state index is 0.0333. The second kappa shape index (κ2) is 24.5. The standard InChI is InChI=1S/C47H66F2N8O9/c1-28(2)47(66,18-16-40(61)52-19-21-58)30(4)53-44(64)36(54-45(65)37(24-39(50)60)55-43(63)29(3)51-8)17-20-57(41(62)27-59)42(46(5,6)7)38-22-32(34-23-33(48)14-15-35(34)49)26-56(38)25-31-12-10-9-11-13-31/h9-15,21-23,26,28-30,36-37,42,51,59,66H,16-20,24-25,27H2,1-8H3,(H2,50,60)(H,52,61)(H,53,64)(H,54,65)(H,55,63). The highest BCUT2D eigenvalue weighted by Gasteiger charge is 2.41. The van der Waals surface area contributed by atoms with Gasteiger partial charge in [0, 0.05) is 42.5 Å². The number of hydrogen-bond donors (Lipinski definition) is 8. The molecule has 0 bridgehead atoms. The van der Waals surface area contributed by atoms with Crippen molar-refractivity contribution in [3.05, 3.63) is 83.7 Å². The van der Waals surface area contributed by atoms with E-state index in [0.29, 0.717) is 17.5 Å². The molecule has 1 heterocycles. The minimum atomic E-state index is -1.70. The molecule has 0 saturated carbocycles. The van der Waals surface area contributed by atoms with Gasteiger partial charge >= 0.3 is 0 Å². The Morgan fingerprint density at radius 1 is 0.894 bits per heavy atom. The molecule has 9 N–H and O–H groups in total. The van der Waals surface area contributed by atoms with Crippen LogP contribution in [0.4, 0.5) is 8.78 Å². The number of carbonyl (C=O) groups is 7. The summed E-state index contributed by atoms with van der Waals surface area (Å²) in [5.74, 6) is -6.61. The molecule has 6 amide bonds. The molecule has 0 saturated heterocycles. The van der Waals surface area contributed by atoms with Crippen molar-refractivity contribution in [2.45, 2.75) is 117 Å². The van der Waals surface area contributed by atoms with Crippen LogP contribution in [-0.2, 0) is 40.1 Å². The topological polar surface area (TPSA) is 254 Å². The molecule has 0 aliphatic heterocycles. The van der Waals surface area contributed by atoms with Crippen molar-refractivity contribution < 1.29 is 52.6 Å². The molecule has 3 aromatic rings. The molecule has 362 valence electrons. The third kappa shape index (κ3) is 15.0. The summed E-state index contributed by atoms with van der Waals surface area (Å²) in [7, 11) is 1.51. The molecule has 19 heteroatoms. The number of halogens is 2. The largest absolute Gasteiger partial charge is 0.387 e. The fourth-order valence-corrected chi connectivity index (χ4v) is 7.75. The van der Waals surface area contributed by atoms with Gasteiger partial charge in [-0.2, -0.15) is 0 Å². The first kappa shape index (κ1) is 54.3. The minimum Gasteiger partial charge on any atom is -0.387 e. The predicted molar refractivity (Wildman–Crippen MR) is 243 cm³/mol. The van der Waals surface area contributed by atoms with Gasteiger partial charge in [0.2, 0.25) is 35.4 Å². The molecule has 6 unspecified atom stereocenters. The van der Waals surface area contributed by atoms with Crippen LogP contribution in [0, 0.1) is 23.0 Å². The number of amides is 6. The number of likely N-dealkylation sites (N-methyl/N-ethyl adjacent to an activating group) is 1. The lowest BCUT2D eigenvalue weighted by Crippen LogP contribution is -2.60. The fourth-order valence-electron chi connectivity index (χ4n) is 7.75. The Kier molecular flexibility index (Phi) is 20.1. The Hall–Kier alpha value is -6.05. The van der Waals surface area contributed by atoms with E-state index in [2.05, 4.69) is 26.6 Å². The van der Waals surface area contributed by atoms with E-state index in [1.807, 2.05) is 51.1 Å². The highest BCUT2D eigenvalue weighted by Crippen LogP contribution is 2.41. The SMILES string of the molecule is CNC(C)C(=O)NC(CC(N)=O)C(=O)NC(CCN(C(=O)CO)C(c1cc(-c2cc(F)ccc2F)cn1Cc1ccccc1)C(C)(C)C)C(=O)NC(C)C(O)(CCC(=O)NCC=O)C(C)C. The summed E-state index contributed by atoms with van der Waals surface area (Å²) in [6.45, 7) is 10.6. The lowest BCUT2D eigenvalue weighted by Gasteiger charge is -2.41. The number of nitrogens with zero attached hydrogens (tertiary/aromatic N) is 2. The molecule has 66 heavy (non-hydrogen) atoms. The average molecular weight is 925 g/mol. The van der Waals surface area contributed by atoms with Gasteiger partial charge in [-0.1, -0.05) is 65.0 Å². The summed E-state index contributed by atoms with van der Waals surface area (Å²) < 4.78 is 31.7. The zero-order valence-electron chi connectivity index (χ0n) is 39.0. The van der Waals surface area contributed by atoms with Gasteiger partial charge in [0.15, 0.2) is 0 Å². The number of hydrogen-bond acceptors (Lipinski definition) is 10. The number of aliphatic hydroxyl groups is 2. The number of primary amides is 1. The number of benzene rings is 2. The van der Waals surface area contributed by atoms with E-state index in [9.17, 15) is 48.2 Å². The number of carbonyl (C=O) groups excluding carboxylic acids is 7. The monoisotopic (exact) mass is 924 g/mol. The van der Waals surface area contributed by atoms with Crippen LogP contribution in [0.25, 0.3) is 11.1 Å². The van der Waals surface area contributed by atoms with Gasteiger partial charge in [-0.3, -0.25) is 28.8 Å². The Morgan fingerprint density at radius 2 is 1.53 bits per heavy atom. The fraction of sp³-hybridized carbons (Fsp3) is 0.511. The van der Waals surface area contributed by atoms with Gasteiger partial charge in [-0.05, 0) is 74.9 Å². The van der Waals surface area contributed by atoms with Crippen LogP contribution >= 0.6 is 0 Å². The Bertz CT molecular complexity index is 2160. The maximum atomic E-state index is 15.3. The number of aliphatic hydroxyl groups excluding tert-OH is 1. The second-order valence-corrected chi connectivity index (χ2v) is 17.8. The van der Waals surface area contributed by atoms with E-state index in [0.717, 1.165) is 23.8 Å². The number of aromatic nitrogens is 1. The van der Waals surface area contributed by atoms with Crippen LogP contribution in [0.15, 0.2) is 60.8 Å². The van der Waals surface area contributed by atoms with Gasteiger partial charge < -0.3 is 56.8 Å². The molecule has 1 aromatic heterocycles. The van der Waals surface area contributed by atoms with Crippen molar-refractivity contribution in [3.63, 3.8) is 0 Å². The van der Waals surface area contributed by atoms with Gasteiger partial charge in [0.25, 0.3) is 0 Å². The van der Waals surface area contributed by atoms with Crippen molar-refractivity contribution >= 4 is 41.7 Å². The third-order valence-corrected chi connectivity index (χ3v) is 11.6. The molecule has 2 aromatic carbocycles. The molecule has 0 aliphatic rings. The number of nitrogens with one attached hydrogen (secondary N) is 5. The smallest absolute Gasteiger partial charge is 0.248 e. The predicted octanol–water partition coefficient (Wildman–Crippen LogP) is 2.22. The zero-order valence-corrected chi connectivity index (χ0v) is 39.0. The third-order valence-electron chi connectivity index (χ3n) is 11.6. The number of aldehydes is 1. The molecule has 0 spiro atoms. The van der Waals surface area contributed by atoms with E-state index >= 15 is 4.39 Å². The summed E-state index contributed by atoms with van der Waals surface area (Å²) >= 11 is 0. The lowest BCUT2D eigenvalue weighted by molar-refractivity contribution is -0.141. The average Bonchev–Trinajstić information content (AvgIpc) is 3.66. The highest BCUT2D eigenvalue weighted by molar-refractivity contribution is 5.95. The van der Waals surface area contributed by atoms with E-state index < -0.39 is 107 Å². The molecule has 0 aliphatic carbocycles. The summed E-state index contributed by atoms with van der Waals surface area (Å²) in [6.07, 6.45) is 0.825. The quantitative estimate of drug-likeness (QED) is 0.0576. The molecule has 6 atom stereocenters. The maximum absolute atomic E-state index is 15.3. The van der Waals surface area contributed by atoms with Crippen LogP contribution in [0.2, 0.25) is 0 Å². The lowest BCUT2D eigenvalue weighted by atomic mass is 9.80. The first-order chi connectivity index (χ1) is 31.0. The number of rotatable bonds is 25. The summed E-state index contributed by atoms with van der Waals surface area (Å²) in [6, 6.07) is 8.10. The Balaban J connectivity index is 2.17. The van der Waals surface area contributed by atoms with E-state index in [1.165, 1.54) is 25.8 Å². The summed E-state index contributed by atoms with van der Waals surface area (Å²) in [4.78, 5) is 92.1. The second-order valence-electron chi connectivity index (χ2n) is 17.8. The van der Waals surface area contributed by atoms with Gasteiger partial charge in [-0.25, -0.2) is 8.78 Å². The molecular weight excluding hydrogens is 859 g/mol. The maximum Gasteiger partial charge on any atom is 0.248 e. The van der Waals surface area contributed by atoms with Crippen molar-refractivity contribution in [2.75, 3.05) is 26.7 Å². The van der Waals surface area contributed by atoms with Crippen molar-refractivity contribution in [1.82, 2.24) is 36.1 Å². The number of nitrogens with two attached hydrogens (primary N) is 1. The van der Waals surface area contributed by atoms with Crippen LogP contribution < -0.4 is 32.3 Å². The van der Waals surface area contributed by atoms with Crippen LogP contribution in [0.3, 0.4) is 0 Å². The molecule has 0 fully saturated rings. The normalized spacial score (nSPS) is 14.7. The highest BCUT2D eigenvalue weighted by atomic mass is 19.1. The van der Waals surface area contributed by atoms with Crippen molar-refractivity contribution in [3.8, 4) is 11.1 Å². The van der Waals surface area contributed by atoms with E-state index in [4.69, 9.17) is 5.73 Å². The molecule has 17 nitrogen and oxygen atoms in total. The van der Waals surface area contributed by atoms with E-state index in [1.54, 1.807) is 30.7 Å². The van der Waals surface area contributed by atoms with Gasteiger partial charge in [0.05, 0.1) is 36.7 Å². The van der Waals surface area contributed by atoms with Crippen LogP contribution in [0.5, 0.6) is 0 Å². The molecular formula is C47H66F2N8O9. The van der Waals surface area contributed by atoms with Gasteiger partial charge in [-0.15, -0.1) is 0 Å². The van der Waals surface area contributed by atoms with Gasteiger partial charge in [0.1, 0.15) is 36.6 Å². The van der Waals surface area contributed by atoms with Crippen molar-refractivity contribution in [2.24, 2.45) is 17.1 Å². The summed E-state index contributed by atoms with van der Waals surface area (Å²) in [5, 5.41) is 35.3. The van der Waals surface area contributed by atoms with Crippen LogP contribution in [0.1, 0.15) is 91.4 Å². The Morgan fingerprint density at radius 3 is 2.11 bits per heavy atom. The summed E-state index contributed by atoms with van der Waals surface area (Å²) in [5.41, 5.74) is 4.49. The van der Waals surface area contributed by atoms with Crippen LogP contribution in [-0.4, -0.2) is 118 Å². The molecule has 0 radical (unpaired) electrons. The first-order valence-electron chi connectivity index (χ1n) is 21.9. The molecule has 3 rings (SSSR count). The van der Waals surface area contributed by atoms with Crippen molar-refractivity contribution in [1.29, 1.82) is 0 Å². The first-order valence-corrected chi connectivity index (χ1v) is 21.9. The Labute approximate surface area is 384 Å². The zero-order chi connectivity index (χ0) is 49.5.